The van der Waals surface area contributed by atoms with Gasteiger partial charge in [-0.1, -0.05) is 13.0 Å². The van der Waals surface area contributed by atoms with Gasteiger partial charge in [0.15, 0.2) is 0 Å². The summed E-state index contributed by atoms with van der Waals surface area (Å²) in [5, 5.41) is 3.29. The number of nitrogens with one attached hydrogen (secondary N) is 1. The van der Waals surface area contributed by atoms with Crippen molar-refractivity contribution in [3.8, 4) is 0 Å². The molecule has 20 heavy (non-hydrogen) atoms. The van der Waals surface area contributed by atoms with Gasteiger partial charge < -0.3 is 5.32 Å². The van der Waals surface area contributed by atoms with Gasteiger partial charge in [0, 0.05) is 12.3 Å². The zero-order valence-electron chi connectivity index (χ0n) is 11.7. The van der Waals surface area contributed by atoms with E-state index in [1.807, 2.05) is 26.0 Å². The Morgan fingerprint density at radius 2 is 2.00 bits per heavy atom. The third-order valence-corrected chi connectivity index (χ3v) is 3.18. The van der Waals surface area contributed by atoms with Gasteiger partial charge >= 0.3 is 0 Å². The highest BCUT2D eigenvalue weighted by Crippen LogP contribution is 2.20. The Morgan fingerprint density at radius 3 is 2.65 bits per heavy atom. The van der Waals surface area contributed by atoms with E-state index in [-0.39, 0.29) is 6.04 Å². The van der Waals surface area contributed by atoms with Gasteiger partial charge in [0.05, 0.1) is 11.7 Å². The van der Waals surface area contributed by atoms with Gasteiger partial charge in [-0.05, 0) is 49.2 Å². The second-order valence-corrected chi connectivity index (χ2v) is 4.81. The van der Waals surface area contributed by atoms with Crippen LogP contribution < -0.4 is 5.32 Å². The van der Waals surface area contributed by atoms with Crippen molar-refractivity contribution in [3.63, 3.8) is 0 Å². The van der Waals surface area contributed by atoms with Crippen molar-refractivity contribution in [1.29, 1.82) is 0 Å². The first-order chi connectivity index (χ1) is 9.60. The Kier molecular flexibility index (Phi) is 4.79. The van der Waals surface area contributed by atoms with Crippen LogP contribution in [-0.4, -0.2) is 11.5 Å². The fraction of sp³-hybridized carbons (Fsp3) is 0.312. The Bertz CT molecular complexity index is 584. The first-order valence-corrected chi connectivity index (χ1v) is 6.70. The molecule has 1 heterocycles. The molecule has 0 aliphatic carbocycles. The maximum absolute atomic E-state index is 13.8. The molecule has 0 spiro atoms. The van der Waals surface area contributed by atoms with Crippen LogP contribution in [0.25, 0.3) is 0 Å². The van der Waals surface area contributed by atoms with E-state index in [1.165, 1.54) is 12.1 Å². The van der Waals surface area contributed by atoms with Crippen LogP contribution in [0.1, 0.15) is 29.8 Å². The van der Waals surface area contributed by atoms with E-state index >= 15 is 0 Å². The van der Waals surface area contributed by atoms with Crippen LogP contribution >= 0.6 is 0 Å². The molecule has 1 atom stereocenters. The number of hydrogen-bond donors (Lipinski definition) is 1. The molecule has 0 fully saturated rings. The third-order valence-electron chi connectivity index (χ3n) is 3.18. The maximum Gasteiger partial charge on any atom is 0.129 e. The number of rotatable bonds is 5. The van der Waals surface area contributed by atoms with Crippen molar-refractivity contribution < 1.29 is 8.78 Å². The Hall–Kier alpha value is -1.81. The smallest absolute Gasteiger partial charge is 0.129 e. The highest BCUT2D eigenvalue weighted by Gasteiger charge is 2.15. The van der Waals surface area contributed by atoms with Crippen molar-refractivity contribution in [2.75, 3.05) is 6.54 Å². The average molecular weight is 276 g/mol. The van der Waals surface area contributed by atoms with Gasteiger partial charge in [0.25, 0.3) is 0 Å². The molecule has 1 unspecified atom stereocenters. The zero-order chi connectivity index (χ0) is 14.5. The van der Waals surface area contributed by atoms with Gasteiger partial charge in [-0.15, -0.1) is 0 Å². The molecule has 0 amide bonds. The number of hydrogen-bond acceptors (Lipinski definition) is 2. The lowest BCUT2D eigenvalue weighted by Gasteiger charge is -2.18. The van der Waals surface area contributed by atoms with E-state index in [0.717, 1.165) is 23.9 Å². The van der Waals surface area contributed by atoms with Gasteiger partial charge in [-0.25, -0.2) is 8.78 Å². The van der Waals surface area contributed by atoms with E-state index in [4.69, 9.17) is 0 Å². The van der Waals surface area contributed by atoms with E-state index < -0.39 is 11.6 Å². The summed E-state index contributed by atoms with van der Waals surface area (Å²) in [6.07, 6.45) is 2.19. The predicted molar refractivity (Wildman–Crippen MR) is 75.5 cm³/mol. The van der Waals surface area contributed by atoms with Crippen molar-refractivity contribution >= 4 is 0 Å². The van der Waals surface area contributed by atoms with Crippen LogP contribution in [0.5, 0.6) is 0 Å². The SMILES string of the molecule is CCNC(Cc1ccc(F)cc1F)c1cc(C)ccn1. The molecule has 0 radical (unpaired) electrons. The largest absolute Gasteiger partial charge is 0.309 e. The summed E-state index contributed by atoms with van der Waals surface area (Å²) in [6, 6.07) is 7.51. The van der Waals surface area contributed by atoms with Crippen molar-refractivity contribution in [1.82, 2.24) is 10.3 Å². The molecule has 2 rings (SSSR count). The van der Waals surface area contributed by atoms with Crippen LogP contribution in [0.4, 0.5) is 8.78 Å². The number of aryl methyl sites for hydroxylation is 1. The Balaban J connectivity index is 2.25. The molecule has 0 aliphatic heterocycles. The summed E-state index contributed by atoms with van der Waals surface area (Å²) < 4.78 is 26.7. The molecule has 2 nitrogen and oxygen atoms in total. The molecule has 0 aliphatic rings. The molecule has 106 valence electrons. The van der Waals surface area contributed by atoms with Gasteiger partial charge in [-0.3, -0.25) is 4.98 Å². The van der Waals surface area contributed by atoms with E-state index in [9.17, 15) is 8.78 Å². The lowest BCUT2D eigenvalue weighted by atomic mass is 10.0. The molecule has 1 aromatic carbocycles. The summed E-state index contributed by atoms with van der Waals surface area (Å²) in [7, 11) is 0. The number of likely N-dealkylation sites (N-methyl/N-ethyl adjacent to an activating group) is 1. The van der Waals surface area contributed by atoms with Crippen LogP contribution in [-0.2, 0) is 6.42 Å². The molecule has 0 saturated heterocycles. The van der Waals surface area contributed by atoms with Gasteiger partial charge in [0.1, 0.15) is 11.6 Å². The molecular formula is C16H18F2N2. The summed E-state index contributed by atoms with van der Waals surface area (Å²) >= 11 is 0. The Morgan fingerprint density at radius 1 is 1.20 bits per heavy atom. The standard InChI is InChI=1S/C16H18F2N2/c1-3-19-16(15-8-11(2)6-7-20-15)9-12-4-5-13(17)10-14(12)18/h4-8,10,16,19H,3,9H2,1-2H3. The quantitative estimate of drug-likeness (QED) is 0.903. The fourth-order valence-electron chi connectivity index (χ4n) is 2.18. The minimum Gasteiger partial charge on any atom is -0.309 e. The first kappa shape index (κ1) is 14.6. The van der Waals surface area contributed by atoms with Crippen molar-refractivity contribution in [2.45, 2.75) is 26.3 Å². The maximum atomic E-state index is 13.8. The highest BCUT2D eigenvalue weighted by molar-refractivity contribution is 5.23. The second-order valence-electron chi connectivity index (χ2n) is 4.81. The van der Waals surface area contributed by atoms with Crippen molar-refractivity contribution in [2.24, 2.45) is 0 Å². The summed E-state index contributed by atoms with van der Waals surface area (Å²) in [6.45, 7) is 4.74. The third kappa shape index (κ3) is 3.61. The number of pyridine rings is 1. The second kappa shape index (κ2) is 6.57. The summed E-state index contributed by atoms with van der Waals surface area (Å²) in [5.74, 6) is -1.07. The van der Waals surface area contributed by atoms with Crippen molar-refractivity contribution in [3.05, 3.63) is 65.0 Å². The molecule has 1 N–H and O–H groups in total. The summed E-state index contributed by atoms with van der Waals surface area (Å²) in [4.78, 5) is 4.34. The van der Waals surface area contributed by atoms with E-state index in [2.05, 4.69) is 10.3 Å². The molecule has 0 saturated carbocycles. The number of aromatic nitrogens is 1. The number of halogens is 2. The zero-order valence-corrected chi connectivity index (χ0v) is 11.7. The highest BCUT2D eigenvalue weighted by atomic mass is 19.1. The number of nitrogens with zero attached hydrogens (tertiary/aromatic N) is 1. The lowest BCUT2D eigenvalue weighted by molar-refractivity contribution is 0.512. The normalized spacial score (nSPS) is 12.4. The molecular weight excluding hydrogens is 258 g/mol. The first-order valence-electron chi connectivity index (χ1n) is 6.70. The topological polar surface area (TPSA) is 24.9 Å². The molecule has 1 aromatic heterocycles. The molecule has 2 aromatic rings. The fourth-order valence-corrected chi connectivity index (χ4v) is 2.18. The molecule has 0 bridgehead atoms. The minimum atomic E-state index is -0.556. The van der Waals surface area contributed by atoms with Crippen LogP contribution in [0.2, 0.25) is 0 Å². The van der Waals surface area contributed by atoms with E-state index in [0.29, 0.717) is 12.0 Å². The Labute approximate surface area is 117 Å². The monoisotopic (exact) mass is 276 g/mol. The van der Waals surface area contributed by atoms with Gasteiger partial charge in [-0.2, -0.15) is 0 Å². The molecule has 4 heteroatoms. The van der Waals surface area contributed by atoms with Crippen LogP contribution in [0.3, 0.4) is 0 Å². The predicted octanol–water partition coefficient (Wildman–Crippen LogP) is 3.56. The lowest BCUT2D eigenvalue weighted by Crippen LogP contribution is -2.24. The van der Waals surface area contributed by atoms with Crippen LogP contribution in [0, 0.1) is 18.6 Å². The summed E-state index contributed by atoms with van der Waals surface area (Å²) in [5.41, 5.74) is 2.47. The van der Waals surface area contributed by atoms with E-state index in [1.54, 1.807) is 6.20 Å². The number of benzene rings is 1. The van der Waals surface area contributed by atoms with Gasteiger partial charge in [0.2, 0.25) is 0 Å². The average Bonchev–Trinajstić information content (AvgIpc) is 2.41. The van der Waals surface area contributed by atoms with Crippen LogP contribution in [0.15, 0.2) is 36.5 Å². The minimum absolute atomic E-state index is 0.0835.